The number of aromatic amines is 2. The van der Waals surface area contributed by atoms with Crippen molar-refractivity contribution in [2.24, 2.45) is 5.92 Å². The predicted molar refractivity (Wildman–Crippen MR) is 149 cm³/mol. The standard InChI is InChI=1S/C30H27FN8/c31-22-7-3-6-20(11-22)23-16-34-17-26-27(23)37-30(36-26)29-28-25(38-39-29)9-8-24(35-28)21-10-19(14-33-15-21)13-32-12-18-4-1-2-5-18/h3,6-11,14-18,32H,1-2,4-5,12-13H2,(H,36,37)(H,38,39). The summed E-state index contributed by atoms with van der Waals surface area (Å²) < 4.78 is 13.9. The molecule has 0 bridgehead atoms. The Bertz CT molecular complexity index is 1780. The molecule has 0 aliphatic heterocycles. The number of halogens is 1. The van der Waals surface area contributed by atoms with Crippen LogP contribution in [0.3, 0.4) is 0 Å². The Labute approximate surface area is 224 Å². The summed E-state index contributed by atoms with van der Waals surface area (Å²) in [6, 6.07) is 12.5. The monoisotopic (exact) mass is 518 g/mol. The van der Waals surface area contributed by atoms with Gasteiger partial charge in [0.05, 0.1) is 28.4 Å². The number of H-pyrrole nitrogens is 2. The molecule has 8 nitrogen and oxygen atoms in total. The predicted octanol–water partition coefficient (Wildman–Crippen LogP) is 6.04. The Morgan fingerprint density at radius 1 is 0.872 bits per heavy atom. The summed E-state index contributed by atoms with van der Waals surface area (Å²) in [5.41, 5.74) is 7.90. The van der Waals surface area contributed by atoms with Crippen LogP contribution in [0.2, 0.25) is 0 Å². The highest BCUT2D eigenvalue weighted by Crippen LogP contribution is 2.31. The van der Waals surface area contributed by atoms with Gasteiger partial charge in [-0.15, -0.1) is 0 Å². The lowest BCUT2D eigenvalue weighted by molar-refractivity contribution is 0.489. The highest BCUT2D eigenvalue weighted by Gasteiger charge is 2.18. The Morgan fingerprint density at radius 3 is 2.67 bits per heavy atom. The number of aromatic nitrogens is 7. The Kier molecular flexibility index (Phi) is 6.05. The van der Waals surface area contributed by atoms with Gasteiger partial charge in [0.2, 0.25) is 0 Å². The van der Waals surface area contributed by atoms with Crippen LogP contribution >= 0.6 is 0 Å². The first-order valence-corrected chi connectivity index (χ1v) is 13.3. The summed E-state index contributed by atoms with van der Waals surface area (Å²) >= 11 is 0. The molecule has 7 rings (SSSR count). The third-order valence-corrected chi connectivity index (χ3v) is 7.49. The molecule has 0 atom stereocenters. The molecule has 9 heteroatoms. The van der Waals surface area contributed by atoms with E-state index in [1.54, 1.807) is 18.5 Å². The molecule has 5 aromatic heterocycles. The smallest absolute Gasteiger partial charge is 0.161 e. The fraction of sp³-hybridized carbons (Fsp3) is 0.233. The van der Waals surface area contributed by atoms with E-state index in [-0.39, 0.29) is 5.82 Å². The average Bonchev–Trinajstić information content (AvgIpc) is 3.72. The molecule has 6 aromatic rings. The lowest BCUT2D eigenvalue weighted by Gasteiger charge is -2.11. The topological polar surface area (TPSA) is 108 Å². The first-order chi connectivity index (χ1) is 19.2. The highest BCUT2D eigenvalue weighted by molar-refractivity contribution is 5.95. The van der Waals surface area contributed by atoms with Crippen molar-refractivity contribution in [1.82, 2.24) is 40.4 Å². The molecule has 5 heterocycles. The SMILES string of the molecule is Fc1cccc(-c2cncc3[nH]c(-c4n[nH]c5ccc(-c6cncc(CNCC7CCCC7)c6)nc45)nc23)c1. The third-order valence-electron chi connectivity index (χ3n) is 7.49. The van der Waals surface area contributed by atoms with Crippen LogP contribution in [0.4, 0.5) is 4.39 Å². The van der Waals surface area contributed by atoms with Crippen molar-refractivity contribution in [3.63, 3.8) is 0 Å². The van der Waals surface area contributed by atoms with Crippen LogP contribution in [0.25, 0.3) is 56.0 Å². The average molecular weight is 519 g/mol. The van der Waals surface area contributed by atoms with E-state index >= 15 is 0 Å². The van der Waals surface area contributed by atoms with Crippen molar-refractivity contribution in [3.8, 4) is 33.9 Å². The largest absolute Gasteiger partial charge is 0.335 e. The number of nitrogens with one attached hydrogen (secondary N) is 3. The maximum atomic E-state index is 13.9. The number of imidazole rings is 1. The molecule has 0 radical (unpaired) electrons. The molecule has 1 aliphatic carbocycles. The molecule has 3 N–H and O–H groups in total. The van der Waals surface area contributed by atoms with Gasteiger partial charge in [-0.25, -0.2) is 14.4 Å². The second-order valence-corrected chi connectivity index (χ2v) is 10.2. The van der Waals surface area contributed by atoms with Crippen LogP contribution in [0.5, 0.6) is 0 Å². The van der Waals surface area contributed by atoms with Crippen molar-refractivity contribution < 1.29 is 4.39 Å². The third kappa shape index (κ3) is 4.66. The molecule has 1 fully saturated rings. The normalized spacial score (nSPS) is 14.1. The second-order valence-electron chi connectivity index (χ2n) is 10.2. The molecular formula is C30H27FN8. The maximum absolute atomic E-state index is 13.9. The lowest BCUT2D eigenvalue weighted by Crippen LogP contribution is -2.20. The Hall–Kier alpha value is -4.50. The molecular weight excluding hydrogens is 491 g/mol. The number of pyridine rings is 3. The fourth-order valence-electron chi connectivity index (χ4n) is 5.50. The van der Waals surface area contributed by atoms with E-state index in [4.69, 9.17) is 9.97 Å². The molecule has 1 aliphatic rings. The number of rotatable bonds is 7. The van der Waals surface area contributed by atoms with E-state index in [1.165, 1.54) is 37.8 Å². The van der Waals surface area contributed by atoms with Crippen molar-refractivity contribution in [2.45, 2.75) is 32.2 Å². The zero-order valence-electron chi connectivity index (χ0n) is 21.3. The minimum absolute atomic E-state index is 0.307. The molecule has 39 heavy (non-hydrogen) atoms. The van der Waals surface area contributed by atoms with E-state index in [2.05, 4.69) is 36.5 Å². The van der Waals surface area contributed by atoms with Crippen molar-refractivity contribution in [3.05, 3.63) is 78.6 Å². The first kappa shape index (κ1) is 23.6. The summed E-state index contributed by atoms with van der Waals surface area (Å²) in [6.45, 7) is 1.85. The number of nitrogens with zero attached hydrogens (tertiary/aromatic N) is 5. The fourth-order valence-corrected chi connectivity index (χ4v) is 5.50. The Balaban J connectivity index is 1.20. The molecule has 1 aromatic carbocycles. The molecule has 194 valence electrons. The van der Waals surface area contributed by atoms with E-state index in [0.29, 0.717) is 28.1 Å². The van der Waals surface area contributed by atoms with Crippen LogP contribution < -0.4 is 5.32 Å². The van der Waals surface area contributed by atoms with Crippen LogP contribution in [0, 0.1) is 11.7 Å². The zero-order chi connectivity index (χ0) is 26.2. The molecule has 0 unspecified atom stereocenters. The first-order valence-electron chi connectivity index (χ1n) is 13.3. The van der Waals surface area contributed by atoms with Gasteiger partial charge in [-0.1, -0.05) is 25.0 Å². The van der Waals surface area contributed by atoms with Crippen molar-refractivity contribution >= 4 is 22.1 Å². The van der Waals surface area contributed by atoms with E-state index in [1.807, 2.05) is 30.6 Å². The van der Waals surface area contributed by atoms with E-state index in [9.17, 15) is 4.39 Å². The number of hydrogen-bond acceptors (Lipinski definition) is 6. The van der Waals surface area contributed by atoms with Gasteiger partial charge < -0.3 is 10.3 Å². The summed E-state index contributed by atoms with van der Waals surface area (Å²) in [5, 5.41) is 11.2. The van der Waals surface area contributed by atoms with Gasteiger partial charge in [0.1, 0.15) is 11.3 Å². The van der Waals surface area contributed by atoms with Crippen LogP contribution in [0.1, 0.15) is 31.2 Å². The molecule has 1 saturated carbocycles. The number of fused-ring (bicyclic) bond motifs is 2. The van der Waals surface area contributed by atoms with Gasteiger partial charge in [0.25, 0.3) is 0 Å². The van der Waals surface area contributed by atoms with Gasteiger partial charge >= 0.3 is 0 Å². The van der Waals surface area contributed by atoms with Gasteiger partial charge in [-0.3, -0.25) is 15.1 Å². The minimum Gasteiger partial charge on any atom is -0.335 e. The van der Waals surface area contributed by atoms with Crippen LogP contribution in [-0.4, -0.2) is 41.7 Å². The molecule has 0 amide bonds. The van der Waals surface area contributed by atoms with E-state index < -0.39 is 0 Å². The van der Waals surface area contributed by atoms with E-state index in [0.717, 1.165) is 52.4 Å². The minimum atomic E-state index is -0.307. The quantitative estimate of drug-likeness (QED) is 0.238. The lowest BCUT2D eigenvalue weighted by atomic mass is 10.1. The zero-order valence-corrected chi connectivity index (χ0v) is 21.3. The highest BCUT2D eigenvalue weighted by atomic mass is 19.1. The number of benzene rings is 1. The van der Waals surface area contributed by atoms with Gasteiger partial charge in [-0.2, -0.15) is 5.10 Å². The van der Waals surface area contributed by atoms with Crippen molar-refractivity contribution in [1.29, 1.82) is 0 Å². The van der Waals surface area contributed by atoms with Crippen molar-refractivity contribution in [2.75, 3.05) is 6.54 Å². The number of hydrogen-bond donors (Lipinski definition) is 3. The molecule has 0 spiro atoms. The van der Waals surface area contributed by atoms with Crippen LogP contribution in [-0.2, 0) is 6.54 Å². The Morgan fingerprint density at radius 2 is 1.77 bits per heavy atom. The van der Waals surface area contributed by atoms with Crippen LogP contribution in [0.15, 0.2) is 67.3 Å². The van der Waals surface area contributed by atoms with Gasteiger partial charge in [0.15, 0.2) is 11.5 Å². The van der Waals surface area contributed by atoms with Gasteiger partial charge in [0, 0.05) is 36.3 Å². The molecule has 0 saturated heterocycles. The summed E-state index contributed by atoms with van der Waals surface area (Å²) in [7, 11) is 0. The maximum Gasteiger partial charge on any atom is 0.161 e. The summed E-state index contributed by atoms with van der Waals surface area (Å²) in [4.78, 5) is 21.9. The second kappa shape index (κ2) is 9.99. The van der Waals surface area contributed by atoms with Gasteiger partial charge in [-0.05, 0) is 66.8 Å². The summed E-state index contributed by atoms with van der Waals surface area (Å²) in [5.74, 6) is 1.05. The summed E-state index contributed by atoms with van der Waals surface area (Å²) in [6.07, 6.45) is 12.5.